The average molecular weight is 476 g/mol. The molecule has 3 fully saturated rings. The molecule has 0 amide bonds. The summed E-state index contributed by atoms with van der Waals surface area (Å²) >= 11 is 0. The lowest BCUT2D eigenvalue weighted by Crippen LogP contribution is -3.03. The predicted molar refractivity (Wildman–Crippen MR) is 134 cm³/mol. The van der Waals surface area contributed by atoms with Gasteiger partial charge in [0.15, 0.2) is 0 Å². The molecule has 0 bridgehead atoms. The minimum Gasteiger partial charge on any atom is -0.595 e. The van der Waals surface area contributed by atoms with E-state index < -0.39 is 5.23 Å². The van der Waals surface area contributed by atoms with Gasteiger partial charge in [0.1, 0.15) is 11.8 Å². The van der Waals surface area contributed by atoms with Crippen LogP contribution in [0.2, 0.25) is 0 Å². The van der Waals surface area contributed by atoms with Gasteiger partial charge in [0.25, 0.3) is 0 Å². The Balaban J connectivity index is 1.57. The molecule has 9 atom stereocenters. The number of hydrogen-bond acceptors (Lipinski definition) is 4. The van der Waals surface area contributed by atoms with Gasteiger partial charge in [0.2, 0.25) is 0 Å². The highest BCUT2D eigenvalue weighted by Gasteiger charge is 2.61. The molecule has 4 aliphatic carbocycles. The third-order valence-corrected chi connectivity index (χ3v) is 11.0. The number of nitrogens with one attached hydrogen (secondary N) is 1. The number of hydrogen-bond donors (Lipinski definition) is 2. The Labute approximate surface area is 207 Å². The second-order valence-electron chi connectivity index (χ2n) is 13.3. The molecular formula is C29H49NO4. The summed E-state index contributed by atoms with van der Waals surface area (Å²) in [6.45, 7) is 13.5. The highest BCUT2D eigenvalue weighted by molar-refractivity contribution is 5.66. The van der Waals surface area contributed by atoms with Crippen molar-refractivity contribution in [2.45, 2.75) is 118 Å². The molecule has 2 N–H and O–H groups in total. The molecule has 0 saturated heterocycles. The van der Waals surface area contributed by atoms with E-state index in [0.29, 0.717) is 41.7 Å². The molecule has 5 nitrogen and oxygen atoms in total. The van der Waals surface area contributed by atoms with Crippen LogP contribution in [0, 0.1) is 51.5 Å². The van der Waals surface area contributed by atoms with Gasteiger partial charge in [-0.25, -0.2) is 5.21 Å². The lowest BCUT2D eigenvalue weighted by Gasteiger charge is -2.59. The maximum atomic E-state index is 12.5. The van der Waals surface area contributed by atoms with E-state index in [2.05, 4.69) is 34.6 Å². The van der Waals surface area contributed by atoms with Crippen LogP contribution >= 0.6 is 0 Å². The molecular weight excluding hydrogens is 426 g/mol. The summed E-state index contributed by atoms with van der Waals surface area (Å²) in [5.74, 6) is 3.75. The summed E-state index contributed by atoms with van der Waals surface area (Å²) in [6.07, 6.45) is 12.0. The first kappa shape index (κ1) is 26.2. The largest absolute Gasteiger partial charge is 0.595 e. The van der Waals surface area contributed by atoms with Crippen molar-refractivity contribution < 1.29 is 20.0 Å². The van der Waals surface area contributed by atoms with Crippen molar-refractivity contribution in [3.05, 3.63) is 16.5 Å². The SMILES string of the molecule is CC(=O)O[C@H]1CC[C@@]2(C)C(=C([NH+]([O-])O)C[C@H]3[C@H]2CC[C@@]2(C)[C@H]3CC[C@H]2[C@@H](C)CCCC(C)C)C1. The molecule has 4 rings (SSSR count). The van der Waals surface area contributed by atoms with Gasteiger partial charge < -0.3 is 9.94 Å². The molecule has 3 saturated carbocycles. The Morgan fingerprint density at radius 3 is 2.47 bits per heavy atom. The number of hydroxylamine groups is 2. The van der Waals surface area contributed by atoms with Crippen LogP contribution in [-0.2, 0) is 9.53 Å². The summed E-state index contributed by atoms with van der Waals surface area (Å²) in [5.41, 5.74) is 2.04. The number of ether oxygens (including phenoxy) is 1. The van der Waals surface area contributed by atoms with Crippen LogP contribution in [0.15, 0.2) is 11.3 Å². The van der Waals surface area contributed by atoms with Crippen LogP contribution in [0.25, 0.3) is 0 Å². The Kier molecular flexibility index (Phi) is 7.59. The van der Waals surface area contributed by atoms with E-state index in [1.54, 1.807) is 0 Å². The third kappa shape index (κ3) is 4.62. The Bertz CT molecular complexity index is 791. The highest BCUT2D eigenvalue weighted by atomic mass is 16.8. The lowest BCUT2D eigenvalue weighted by atomic mass is 9.46. The first-order chi connectivity index (χ1) is 16.0. The molecule has 0 aromatic carbocycles. The van der Waals surface area contributed by atoms with E-state index in [-0.39, 0.29) is 17.5 Å². The fourth-order valence-electron chi connectivity index (χ4n) is 9.35. The standard InChI is InChI=1S/C29H49NO4/c1-18(2)8-7-9-19(3)23-10-11-24-22-17-27(30(32)33)26-16-21(34-20(4)31)12-14-29(26,6)25(22)13-15-28(23,24)5/h18-19,21-25,30,32H,7-17H2,1-6H3/t19-,21-,22+,23-,24-,25+,28+,29+/m0/s1. The van der Waals surface area contributed by atoms with E-state index >= 15 is 0 Å². The topological polar surface area (TPSA) is 74.0 Å². The number of rotatable bonds is 7. The summed E-state index contributed by atoms with van der Waals surface area (Å²) in [6, 6.07) is 0. The van der Waals surface area contributed by atoms with Crippen LogP contribution in [0.5, 0.6) is 0 Å². The van der Waals surface area contributed by atoms with Gasteiger partial charge in [0, 0.05) is 19.8 Å². The van der Waals surface area contributed by atoms with Gasteiger partial charge in [-0.3, -0.25) is 4.79 Å². The first-order valence-electron chi connectivity index (χ1n) is 14.1. The maximum Gasteiger partial charge on any atom is 0.302 e. The van der Waals surface area contributed by atoms with Crippen LogP contribution in [0.4, 0.5) is 0 Å². The molecule has 34 heavy (non-hydrogen) atoms. The van der Waals surface area contributed by atoms with Crippen molar-refractivity contribution in [1.29, 1.82) is 0 Å². The third-order valence-electron chi connectivity index (χ3n) is 11.0. The van der Waals surface area contributed by atoms with Crippen LogP contribution in [0.3, 0.4) is 0 Å². The normalized spacial score (nSPS) is 41.5. The Morgan fingerprint density at radius 1 is 1.09 bits per heavy atom. The van der Waals surface area contributed by atoms with Gasteiger partial charge in [0.05, 0.1) is 0 Å². The minimum atomic E-state index is -0.743. The zero-order valence-corrected chi connectivity index (χ0v) is 22.5. The Morgan fingerprint density at radius 2 is 1.82 bits per heavy atom. The number of carbonyl (C=O) groups is 1. The van der Waals surface area contributed by atoms with Crippen LogP contribution in [-0.4, -0.2) is 17.3 Å². The molecule has 5 heteroatoms. The number of quaternary nitrogens is 1. The predicted octanol–water partition coefficient (Wildman–Crippen LogP) is 6.06. The average Bonchev–Trinajstić information content (AvgIpc) is 3.10. The van der Waals surface area contributed by atoms with E-state index in [1.807, 2.05) is 0 Å². The number of allylic oxidation sites excluding steroid dienone is 1. The number of esters is 1. The lowest BCUT2D eigenvalue weighted by molar-refractivity contribution is -1.02. The molecule has 0 radical (unpaired) electrons. The van der Waals surface area contributed by atoms with E-state index in [0.717, 1.165) is 36.2 Å². The molecule has 0 heterocycles. The molecule has 0 aliphatic heterocycles. The van der Waals surface area contributed by atoms with E-state index in [1.165, 1.54) is 51.9 Å². The number of carbonyl (C=O) groups excluding carboxylic acids is 1. The smallest absolute Gasteiger partial charge is 0.302 e. The summed E-state index contributed by atoms with van der Waals surface area (Å²) in [5, 5.41) is 22.0. The van der Waals surface area contributed by atoms with Crippen molar-refractivity contribution in [2.24, 2.45) is 46.3 Å². The molecule has 4 aliphatic rings. The first-order valence-corrected chi connectivity index (χ1v) is 14.1. The molecule has 0 spiro atoms. The summed E-state index contributed by atoms with van der Waals surface area (Å²) in [4.78, 5) is 11.6. The van der Waals surface area contributed by atoms with Crippen LogP contribution in [0.1, 0.15) is 112 Å². The summed E-state index contributed by atoms with van der Waals surface area (Å²) < 4.78 is 5.56. The fourth-order valence-corrected chi connectivity index (χ4v) is 9.35. The Hall–Kier alpha value is -0.910. The zero-order chi connectivity index (χ0) is 24.8. The van der Waals surface area contributed by atoms with Gasteiger partial charge in [-0.1, -0.05) is 53.9 Å². The second kappa shape index (κ2) is 9.86. The molecule has 0 aromatic heterocycles. The van der Waals surface area contributed by atoms with Crippen molar-refractivity contribution in [1.82, 2.24) is 0 Å². The monoisotopic (exact) mass is 475 g/mol. The van der Waals surface area contributed by atoms with E-state index in [4.69, 9.17) is 4.74 Å². The van der Waals surface area contributed by atoms with Crippen LogP contribution < -0.4 is 5.23 Å². The van der Waals surface area contributed by atoms with Crippen molar-refractivity contribution in [3.8, 4) is 0 Å². The molecule has 194 valence electrons. The molecule has 1 unspecified atom stereocenters. The van der Waals surface area contributed by atoms with Gasteiger partial charge in [-0.2, -0.15) is 5.23 Å². The van der Waals surface area contributed by atoms with E-state index in [9.17, 15) is 15.2 Å². The molecule has 0 aromatic rings. The highest BCUT2D eigenvalue weighted by Crippen LogP contribution is 2.68. The van der Waals surface area contributed by atoms with Gasteiger partial charge in [-0.05, 0) is 90.4 Å². The zero-order valence-electron chi connectivity index (χ0n) is 22.5. The van der Waals surface area contributed by atoms with Crippen molar-refractivity contribution in [2.75, 3.05) is 0 Å². The van der Waals surface area contributed by atoms with Crippen molar-refractivity contribution >= 4 is 5.97 Å². The second-order valence-corrected chi connectivity index (χ2v) is 13.3. The fraction of sp³-hybridized carbons (Fsp3) is 0.897. The maximum absolute atomic E-state index is 12.5. The van der Waals surface area contributed by atoms with Crippen molar-refractivity contribution in [3.63, 3.8) is 0 Å². The quantitative estimate of drug-likeness (QED) is 0.347. The van der Waals surface area contributed by atoms with Gasteiger partial charge in [-0.15, -0.1) is 0 Å². The van der Waals surface area contributed by atoms with Gasteiger partial charge >= 0.3 is 5.97 Å². The summed E-state index contributed by atoms with van der Waals surface area (Å²) in [7, 11) is 0. The number of fused-ring (bicyclic) bond motifs is 5. The minimum absolute atomic E-state index is 0.0599.